The van der Waals surface area contributed by atoms with Crippen LogP contribution in [0.15, 0.2) is 30.5 Å². The minimum absolute atomic E-state index is 0.0864. The molecule has 150 valence electrons. The Balaban J connectivity index is 1.23. The fourth-order valence-electron chi connectivity index (χ4n) is 3.59. The second-order valence-corrected chi connectivity index (χ2v) is 8.33. The number of thiazole rings is 1. The van der Waals surface area contributed by atoms with E-state index in [-0.39, 0.29) is 5.91 Å². The number of halogens is 1. The van der Waals surface area contributed by atoms with Gasteiger partial charge < -0.3 is 19.3 Å². The Hall–Kier alpha value is -2.58. The van der Waals surface area contributed by atoms with E-state index in [9.17, 15) is 4.79 Å². The summed E-state index contributed by atoms with van der Waals surface area (Å²) >= 11 is 7.88. The molecule has 3 aromatic rings. The zero-order valence-electron chi connectivity index (χ0n) is 15.6. The highest BCUT2D eigenvalue weighted by Gasteiger charge is 2.24. The van der Waals surface area contributed by atoms with E-state index in [1.54, 1.807) is 23.6 Å². The molecule has 2 aliphatic rings. The minimum atomic E-state index is 0.0864. The van der Waals surface area contributed by atoms with Crippen molar-refractivity contribution in [1.29, 1.82) is 0 Å². The summed E-state index contributed by atoms with van der Waals surface area (Å²) in [5, 5.41) is 1.45. The van der Waals surface area contributed by atoms with Crippen LogP contribution in [0.3, 0.4) is 0 Å². The van der Waals surface area contributed by atoms with Crippen LogP contribution in [0.2, 0.25) is 5.02 Å². The van der Waals surface area contributed by atoms with Gasteiger partial charge in [0, 0.05) is 32.4 Å². The van der Waals surface area contributed by atoms with Gasteiger partial charge in [0.05, 0.1) is 11.4 Å². The van der Waals surface area contributed by atoms with Gasteiger partial charge in [0.15, 0.2) is 16.6 Å². The first-order valence-corrected chi connectivity index (χ1v) is 10.7. The Morgan fingerprint density at radius 1 is 1.17 bits per heavy atom. The number of hydrogen-bond acceptors (Lipinski definition) is 7. The van der Waals surface area contributed by atoms with Crippen LogP contribution in [0.25, 0.3) is 10.3 Å². The smallest absolute Gasteiger partial charge is 0.227 e. The Bertz CT molecular complexity index is 1030. The van der Waals surface area contributed by atoms with Crippen molar-refractivity contribution in [2.75, 3.05) is 44.3 Å². The van der Waals surface area contributed by atoms with Crippen LogP contribution in [0.5, 0.6) is 11.5 Å². The highest BCUT2D eigenvalue weighted by molar-refractivity contribution is 7.21. The molecule has 0 bridgehead atoms. The fourth-order valence-corrected chi connectivity index (χ4v) is 4.84. The molecule has 1 saturated heterocycles. The second kappa shape index (κ2) is 7.68. The van der Waals surface area contributed by atoms with E-state index in [2.05, 4.69) is 14.9 Å². The number of fused-ring (bicyclic) bond motifs is 2. The summed E-state index contributed by atoms with van der Waals surface area (Å²) in [4.78, 5) is 26.9. The van der Waals surface area contributed by atoms with E-state index in [1.807, 2.05) is 23.1 Å². The quantitative estimate of drug-likeness (QED) is 0.636. The van der Waals surface area contributed by atoms with Crippen molar-refractivity contribution in [3.05, 3.63) is 41.0 Å². The molecule has 4 heterocycles. The number of aromatic nitrogens is 2. The van der Waals surface area contributed by atoms with Crippen LogP contribution in [-0.2, 0) is 11.2 Å². The highest BCUT2D eigenvalue weighted by atomic mass is 35.5. The Labute approximate surface area is 176 Å². The molecule has 29 heavy (non-hydrogen) atoms. The highest BCUT2D eigenvalue weighted by Crippen LogP contribution is 2.38. The fraction of sp³-hybridized carbons (Fsp3) is 0.350. The molecule has 0 aliphatic carbocycles. The van der Waals surface area contributed by atoms with Crippen LogP contribution >= 0.6 is 22.9 Å². The first kappa shape index (κ1) is 18.4. The first-order valence-electron chi connectivity index (χ1n) is 9.50. The number of carbonyl (C=O) groups is 1. The van der Waals surface area contributed by atoms with Gasteiger partial charge in [-0.05, 0) is 29.8 Å². The standard InChI is InChI=1S/C20H19ClN4O3S/c21-14-10-13(11-16-18(14)28-9-8-27-16)12-17(26)24-4-6-25(7-5-24)20-23-15-2-1-3-22-19(15)29-20/h1-3,10-11H,4-9,12H2. The zero-order valence-corrected chi connectivity index (χ0v) is 17.2. The van der Waals surface area contributed by atoms with Gasteiger partial charge in [0.25, 0.3) is 0 Å². The second-order valence-electron chi connectivity index (χ2n) is 6.97. The van der Waals surface area contributed by atoms with Gasteiger partial charge in [0.1, 0.15) is 23.6 Å². The van der Waals surface area contributed by atoms with E-state index in [4.69, 9.17) is 21.1 Å². The molecule has 1 fully saturated rings. The van der Waals surface area contributed by atoms with E-state index >= 15 is 0 Å². The van der Waals surface area contributed by atoms with Gasteiger partial charge in [-0.3, -0.25) is 4.79 Å². The third-order valence-corrected chi connectivity index (χ3v) is 6.39. The topological polar surface area (TPSA) is 67.8 Å². The number of carbonyl (C=O) groups excluding carboxylic acids is 1. The number of piperazine rings is 1. The predicted molar refractivity (Wildman–Crippen MR) is 112 cm³/mol. The molecule has 5 rings (SSSR count). The maximum absolute atomic E-state index is 12.8. The van der Waals surface area contributed by atoms with Crippen molar-refractivity contribution < 1.29 is 14.3 Å². The number of amides is 1. The van der Waals surface area contributed by atoms with Gasteiger partial charge >= 0.3 is 0 Å². The lowest BCUT2D eigenvalue weighted by atomic mass is 10.1. The van der Waals surface area contributed by atoms with Crippen LogP contribution in [0.1, 0.15) is 5.56 Å². The number of benzene rings is 1. The normalized spacial score (nSPS) is 16.3. The lowest BCUT2D eigenvalue weighted by Crippen LogP contribution is -2.49. The van der Waals surface area contributed by atoms with Crippen LogP contribution < -0.4 is 14.4 Å². The van der Waals surface area contributed by atoms with Crippen molar-refractivity contribution in [2.24, 2.45) is 0 Å². The van der Waals surface area contributed by atoms with Gasteiger partial charge in [-0.25, -0.2) is 9.97 Å². The molecule has 0 atom stereocenters. The summed E-state index contributed by atoms with van der Waals surface area (Å²) < 4.78 is 11.1. The van der Waals surface area contributed by atoms with E-state index in [0.717, 1.165) is 34.1 Å². The van der Waals surface area contributed by atoms with Crippen molar-refractivity contribution in [2.45, 2.75) is 6.42 Å². The van der Waals surface area contributed by atoms with Crippen molar-refractivity contribution in [1.82, 2.24) is 14.9 Å². The lowest BCUT2D eigenvalue weighted by molar-refractivity contribution is -0.130. The number of hydrogen-bond donors (Lipinski definition) is 0. The summed E-state index contributed by atoms with van der Waals surface area (Å²) in [5.74, 6) is 1.26. The summed E-state index contributed by atoms with van der Waals surface area (Å²) in [6, 6.07) is 7.51. The molecule has 1 aromatic carbocycles. The van der Waals surface area contributed by atoms with E-state index in [1.165, 1.54) is 0 Å². The molecule has 0 spiro atoms. The summed E-state index contributed by atoms with van der Waals surface area (Å²) in [6.45, 7) is 3.83. The Kier molecular flexibility index (Phi) is 4.89. The van der Waals surface area contributed by atoms with Crippen molar-refractivity contribution >= 4 is 44.3 Å². The average Bonchev–Trinajstić information content (AvgIpc) is 3.18. The minimum Gasteiger partial charge on any atom is -0.486 e. The average molecular weight is 431 g/mol. The van der Waals surface area contributed by atoms with E-state index in [0.29, 0.717) is 49.2 Å². The largest absolute Gasteiger partial charge is 0.486 e. The maximum Gasteiger partial charge on any atom is 0.227 e. The number of rotatable bonds is 3. The summed E-state index contributed by atoms with van der Waals surface area (Å²) in [5.41, 5.74) is 1.76. The molecule has 2 aliphatic heterocycles. The Morgan fingerprint density at radius 3 is 2.83 bits per heavy atom. The predicted octanol–water partition coefficient (Wildman–Crippen LogP) is 3.01. The third-order valence-electron chi connectivity index (χ3n) is 5.07. The Morgan fingerprint density at radius 2 is 2.00 bits per heavy atom. The van der Waals surface area contributed by atoms with Crippen LogP contribution in [-0.4, -0.2) is 60.2 Å². The molecule has 0 unspecified atom stereocenters. The molecule has 0 radical (unpaired) electrons. The number of ether oxygens (including phenoxy) is 2. The van der Waals surface area contributed by atoms with Crippen molar-refractivity contribution in [3.63, 3.8) is 0 Å². The number of anilines is 1. The van der Waals surface area contributed by atoms with Gasteiger partial charge in [0.2, 0.25) is 5.91 Å². The molecule has 1 amide bonds. The zero-order chi connectivity index (χ0) is 19.8. The van der Waals surface area contributed by atoms with Crippen molar-refractivity contribution in [3.8, 4) is 11.5 Å². The number of pyridine rings is 1. The van der Waals surface area contributed by atoms with Gasteiger partial charge in [-0.15, -0.1) is 0 Å². The maximum atomic E-state index is 12.8. The molecule has 7 nitrogen and oxygen atoms in total. The monoisotopic (exact) mass is 430 g/mol. The summed E-state index contributed by atoms with van der Waals surface area (Å²) in [6.07, 6.45) is 2.08. The molecule has 0 saturated carbocycles. The molecular formula is C20H19ClN4O3S. The summed E-state index contributed by atoms with van der Waals surface area (Å²) in [7, 11) is 0. The molecule has 2 aromatic heterocycles. The number of nitrogens with zero attached hydrogens (tertiary/aromatic N) is 4. The molecule has 0 N–H and O–H groups in total. The van der Waals surface area contributed by atoms with Crippen LogP contribution in [0.4, 0.5) is 5.13 Å². The van der Waals surface area contributed by atoms with Crippen LogP contribution in [0, 0.1) is 0 Å². The lowest BCUT2D eigenvalue weighted by Gasteiger charge is -2.34. The SMILES string of the molecule is O=C(Cc1cc(Cl)c2c(c1)OCCO2)N1CCN(c2nc3cccnc3s2)CC1. The van der Waals surface area contributed by atoms with Gasteiger partial charge in [-0.1, -0.05) is 22.9 Å². The third kappa shape index (κ3) is 3.70. The first-order chi connectivity index (χ1) is 14.2. The van der Waals surface area contributed by atoms with E-state index < -0.39 is 0 Å². The molecular weight excluding hydrogens is 412 g/mol. The van der Waals surface area contributed by atoms with Gasteiger partial charge in [-0.2, -0.15) is 0 Å². The molecule has 9 heteroatoms.